The predicted molar refractivity (Wildman–Crippen MR) is 117 cm³/mol. The van der Waals surface area contributed by atoms with Gasteiger partial charge in [-0.3, -0.25) is 9.78 Å². The van der Waals surface area contributed by atoms with Crippen LogP contribution in [0.1, 0.15) is 18.2 Å². The summed E-state index contributed by atoms with van der Waals surface area (Å²) in [6, 6.07) is 17.8. The average Bonchev–Trinajstić information content (AvgIpc) is 3.11. The Labute approximate surface area is 169 Å². The fourth-order valence-electron chi connectivity index (χ4n) is 3.37. The van der Waals surface area contributed by atoms with E-state index in [4.69, 9.17) is 4.74 Å². The number of aryl methyl sites for hydroxylation is 1. The lowest BCUT2D eigenvalue weighted by Gasteiger charge is -2.08. The molecular formula is C24H23N3O2. The minimum Gasteiger partial charge on any atom is -0.492 e. The summed E-state index contributed by atoms with van der Waals surface area (Å²) in [5, 5.41) is 5.20. The molecule has 0 aliphatic rings. The number of amides is 1. The molecule has 0 aliphatic carbocycles. The van der Waals surface area contributed by atoms with Gasteiger partial charge in [-0.25, -0.2) is 0 Å². The Morgan fingerprint density at radius 2 is 1.97 bits per heavy atom. The Morgan fingerprint density at radius 1 is 1.14 bits per heavy atom. The highest BCUT2D eigenvalue weighted by Crippen LogP contribution is 2.29. The molecule has 4 aromatic rings. The zero-order valence-electron chi connectivity index (χ0n) is 16.5. The molecule has 2 aromatic carbocycles. The van der Waals surface area contributed by atoms with Gasteiger partial charge in [-0.1, -0.05) is 30.3 Å². The standard InChI is InChI=1S/C24H23N3O2/c1-16(14-18-6-4-3-5-7-18)24(28)26-12-13-29-19-8-9-20-21-10-11-25-17(2)23(21)27-22(20)15-19/h3-11,14-15,27H,12-13H2,1-2H3,(H,26,28)/b16-14+. The van der Waals surface area contributed by atoms with Crippen molar-refractivity contribution < 1.29 is 9.53 Å². The maximum atomic E-state index is 12.2. The Balaban J connectivity index is 1.35. The molecule has 29 heavy (non-hydrogen) atoms. The molecule has 1 amide bonds. The Kier molecular flexibility index (Phi) is 5.29. The molecule has 0 saturated carbocycles. The third-order valence-corrected chi connectivity index (χ3v) is 4.88. The third-order valence-electron chi connectivity index (χ3n) is 4.88. The van der Waals surface area contributed by atoms with E-state index in [9.17, 15) is 4.79 Å². The van der Waals surface area contributed by atoms with Crippen molar-refractivity contribution in [1.82, 2.24) is 15.3 Å². The van der Waals surface area contributed by atoms with E-state index < -0.39 is 0 Å². The van der Waals surface area contributed by atoms with Crippen molar-refractivity contribution in [2.24, 2.45) is 0 Å². The van der Waals surface area contributed by atoms with Crippen molar-refractivity contribution in [3.8, 4) is 5.75 Å². The molecule has 0 aliphatic heterocycles. The minimum atomic E-state index is -0.0912. The van der Waals surface area contributed by atoms with Gasteiger partial charge in [-0.15, -0.1) is 0 Å². The number of hydrogen-bond donors (Lipinski definition) is 2. The van der Waals surface area contributed by atoms with E-state index in [-0.39, 0.29) is 5.91 Å². The van der Waals surface area contributed by atoms with Crippen LogP contribution in [0.3, 0.4) is 0 Å². The van der Waals surface area contributed by atoms with Crippen LogP contribution >= 0.6 is 0 Å². The molecule has 0 spiro atoms. The molecule has 0 atom stereocenters. The van der Waals surface area contributed by atoms with Crippen LogP contribution in [0.4, 0.5) is 0 Å². The average molecular weight is 385 g/mol. The number of aromatic nitrogens is 2. The summed E-state index contributed by atoms with van der Waals surface area (Å²) >= 11 is 0. The summed E-state index contributed by atoms with van der Waals surface area (Å²) in [5.41, 5.74) is 4.71. The molecule has 146 valence electrons. The topological polar surface area (TPSA) is 67.0 Å². The highest BCUT2D eigenvalue weighted by molar-refractivity contribution is 6.08. The summed E-state index contributed by atoms with van der Waals surface area (Å²) in [6.45, 7) is 4.64. The monoisotopic (exact) mass is 385 g/mol. The minimum absolute atomic E-state index is 0.0912. The molecule has 0 unspecified atom stereocenters. The van der Waals surface area contributed by atoms with E-state index in [2.05, 4.69) is 15.3 Å². The molecular weight excluding hydrogens is 362 g/mol. The highest BCUT2D eigenvalue weighted by Gasteiger charge is 2.08. The summed E-state index contributed by atoms with van der Waals surface area (Å²) in [7, 11) is 0. The van der Waals surface area contributed by atoms with Crippen molar-refractivity contribution >= 4 is 33.8 Å². The number of nitrogens with one attached hydrogen (secondary N) is 2. The lowest BCUT2D eigenvalue weighted by Crippen LogP contribution is -2.28. The zero-order chi connectivity index (χ0) is 20.2. The number of carbonyl (C=O) groups is 1. The Morgan fingerprint density at radius 3 is 2.79 bits per heavy atom. The van der Waals surface area contributed by atoms with Gasteiger partial charge in [0.05, 0.1) is 23.3 Å². The normalized spacial score (nSPS) is 11.7. The van der Waals surface area contributed by atoms with Crippen LogP contribution in [0.5, 0.6) is 5.75 Å². The number of aromatic amines is 1. The van der Waals surface area contributed by atoms with E-state index in [0.717, 1.165) is 38.8 Å². The van der Waals surface area contributed by atoms with Crippen molar-refractivity contribution in [3.63, 3.8) is 0 Å². The number of benzene rings is 2. The Bertz CT molecular complexity index is 1190. The summed E-state index contributed by atoms with van der Waals surface area (Å²) < 4.78 is 5.82. The van der Waals surface area contributed by atoms with E-state index in [1.54, 1.807) is 0 Å². The second kappa shape index (κ2) is 8.19. The van der Waals surface area contributed by atoms with Crippen molar-refractivity contribution in [1.29, 1.82) is 0 Å². The van der Waals surface area contributed by atoms with E-state index in [1.807, 2.05) is 80.7 Å². The van der Waals surface area contributed by atoms with Gasteiger partial charge in [0.15, 0.2) is 0 Å². The molecule has 0 fully saturated rings. The van der Waals surface area contributed by atoms with Crippen LogP contribution in [-0.2, 0) is 4.79 Å². The fraction of sp³-hybridized carbons (Fsp3) is 0.167. The van der Waals surface area contributed by atoms with Crippen LogP contribution < -0.4 is 10.1 Å². The first-order valence-electron chi connectivity index (χ1n) is 9.63. The smallest absolute Gasteiger partial charge is 0.247 e. The van der Waals surface area contributed by atoms with Gasteiger partial charge in [-0.2, -0.15) is 0 Å². The first-order chi connectivity index (χ1) is 14.1. The number of fused-ring (bicyclic) bond motifs is 3. The number of hydrogen-bond acceptors (Lipinski definition) is 3. The lowest BCUT2D eigenvalue weighted by molar-refractivity contribution is -0.117. The van der Waals surface area contributed by atoms with E-state index in [0.29, 0.717) is 18.7 Å². The van der Waals surface area contributed by atoms with Crippen LogP contribution in [0.2, 0.25) is 0 Å². The van der Waals surface area contributed by atoms with Gasteiger partial charge in [0.1, 0.15) is 12.4 Å². The second-order valence-electron chi connectivity index (χ2n) is 6.99. The molecule has 2 aromatic heterocycles. The van der Waals surface area contributed by atoms with Gasteiger partial charge < -0.3 is 15.0 Å². The molecule has 0 bridgehead atoms. The summed E-state index contributed by atoms with van der Waals surface area (Å²) in [5.74, 6) is 0.673. The first-order valence-corrected chi connectivity index (χ1v) is 9.63. The molecule has 4 rings (SSSR count). The largest absolute Gasteiger partial charge is 0.492 e. The SMILES string of the molecule is C/C(=C\c1ccccc1)C(=O)NCCOc1ccc2c(c1)[nH]c1c(C)nccc12. The van der Waals surface area contributed by atoms with Crippen LogP contribution in [0, 0.1) is 6.92 Å². The van der Waals surface area contributed by atoms with E-state index in [1.165, 1.54) is 0 Å². The fourth-order valence-corrected chi connectivity index (χ4v) is 3.37. The molecule has 2 N–H and O–H groups in total. The summed E-state index contributed by atoms with van der Waals surface area (Å²) in [4.78, 5) is 20.0. The maximum absolute atomic E-state index is 12.2. The Hall–Kier alpha value is -3.60. The van der Waals surface area contributed by atoms with Gasteiger partial charge in [-0.05, 0) is 43.7 Å². The van der Waals surface area contributed by atoms with Gasteiger partial charge in [0, 0.05) is 28.6 Å². The highest BCUT2D eigenvalue weighted by atomic mass is 16.5. The van der Waals surface area contributed by atoms with Crippen molar-refractivity contribution in [2.45, 2.75) is 13.8 Å². The molecule has 2 heterocycles. The zero-order valence-corrected chi connectivity index (χ0v) is 16.5. The number of ether oxygens (including phenoxy) is 1. The lowest BCUT2D eigenvalue weighted by atomic mass is 10.1. The first kappa shape index (κ1) is 18.7. The number of carbonyl (C=O) groups excluding carboxylic acids is 1. The predicted octanol–water partition coefficient (Wildman–Crippen LogP) is 4.62. The van der Waals surface area contributed by atoms with Gasteiger partial charge in [0.2, 0.25) is 5.91 Å². The second-order valence-corrected chi connectivity index (χ2v) is 6.99. The number of pyridine rings is 1. The van der Waals surface area contributed by atoms with E-state index >= 15 is 0 Å². The quantitative estimate of drug-likeness (QED) is 0.376. The molecule has 5 heteroatoms. The molecule has 0 radical (unpaired) electrons. The number of rotatable bonds is 6. The van der Waals surface area contributed by atoms with Gasteiger partial charge in [0.25, 0.3) is 0 Å². The summed E-state index contributed by atoms with van der Waals surface area (Å²) in [6.07, 6.45) is 3.70. The number of H-pyrrole nitrogens is 1. The number of nitrogens with zero attached hydrogens (tertiary/aromatic N) is 1. The van der Waals surface area contributed by atoms with Crippen LogP contribution in [0.15, 0.2) is 66.4 Å². The van der Waals surface area contributed by atoms with Gasteiger partial charge >= 0.3 is 0 Å². The van der Waals surface area contributed by atoms with Crippen molar-refractivity contribution in [2.75, 3.05) is 13.2 Å². The third kappa shape index (κ3) is 4.14. The molecule has 5 nitrogen and oxygen atoms in total. The van der Waals surface area contributed by atoms with Crippen LogP contribution in [0.25, 0.3) is 27.9 Å². The maximum Gasteiger partial charge on any atom is 0.247 e. The van der Waals surface area contributed by atoms with Crippen LogP contribution in [-0.4, -0.2) is 29.0 Å². The molecule has 0 saturated heterocycles. The van der Waals surface area contributed by atoms with Crippen molar-refractivity contribution in [3.05, 3.63) is 77.6 Å².